The van der Waals surface area contributed by atoms with Crippen molar-refractivity contribution in [2.75, 3.05) is 11.9 Å². The van der Waals surface area contributed by atoms with Crippen molar-refractivity contribution in [1.29, 1.82) is 0 Å². The topological polar surface area (TPSA) is 37.8 Å². The molecule has 3 nitrogen and oxygen atoms in total. The van der Waals surface area contributed by atoms with Crippen LogP contribution >= 0.6 is 0 Å². The molecular formula is C16H19F2N3. The Morgan fingerprint density at radius 2 is 1.71 bits per heavy atom. The molecule has 0 saturated heterocycles. The number of benzene rings is 1. The van der Waals surface area contributed by atoms with Crippen LogP contribution < -0.4 is 5.32 Å². The molecule has 1 aromatic heterocycles. The van der Waals surface area contributed by atoms with Gasteiger partial charge in [-0.05, 0) is 31.9 Å². The Balaban J connectivity index is 2.51. The smallest absolute Gasteiger partial charge is 0.161 e. The van der Waals surface area contributed by atoms with Crippen LogP contribution in [-0.2, 0) is 6.42 Å². The van der Waals surface area contributed by atoms with E-state index in [1.807, 2.05) is 13.8 Å². The molecule has 0 aliphatic rings. The molecule has 0 aliphatic carbocycles. The molecule has 0 saturated carbocycles. The normalized spacial score (nSPS) is 10.7. The molecule has 1 heterocycles. The first kappa shape index (κ1) is 15.4. The van der Waals surface area contributed by atoms with E-state index in [0.29, 0.717) is 11.4 Å². The van der Waals surface area contributed by atoms with Gasteiger partial charge in [-0.1, -0.05) is 13.8 Å². The van der Waals surface area contributed by atoms with Crippen molar-refractivity contribution < 1.29 is 8.78 Å². The van der Waals surface area contributed by atoms with Crippen molar-refractivity contribution in [2.24, 2.45) is 0 Å². The number of rotatable bonds is 5. The third-order valence-electron chi connectivity index (χ3n) is 3.23. The summed E-state index contributed by atoms with van der Waals surface area (Å²) in [7, 11) is 0. The van der Waals surface area contributed by atoms with Crippen LogP contribution in [-0.4, -0.2) is 16.5 Å². The number of nitrogens with zero attached hydrogens (tertiary/aromatic N) is 2. The van der Waals surface area contributed by atoms with Gasteiger partial charge in [-0.3, -0.25) is 0 Å². The fourth-order valence-electron chi connectivity index (χ4n) is 2.22. The molecule has 0 spiro atoms. The number of anilines is 1. The second-order valence-corrected chi connectivity index (χ2v) is 4.90. The third kappa shape index (κ3) is 3.54. The largest absolute Gasteiger partial charge is 0.370 e. The predicted molar refractivity (Wildman–Crippen MR) is 80.3 cm³/mol. The summed E-state index contributed by atoms with van der Waals surface area (Å²) in [6.45, 7) is 6.77. The van der Waals surface area contributed by atoms with Gasteiger partial charge in [0, 0.05) is 29.4 Å². The zero-order valence-electron chi connectivity index (χ0n) is 12.5. The fraction of sp³-hybridized carbons (Fsp3) is 0.375. The van der Waals surface area contributed by atoms with E-state index >= 15 is 0 Å². The summed E-state index contributed by atoms with van der Waals surface area (Å²) in [6, 6.07) is 3.33. The average molecular weight is 291 g/mol. The molecule has 1 aromatic carbocycles. The number of aryl methyl sites for hydroxylation is 1. The summed E-state index contributed by atoms with van der Waals surface area (Å²) in [5.74, 6) is -0.184. The first-order chi connectivity index (χ1) is 10.0. The molecule has 2 aromatic rings. The van der Waals surface area contributed by atoms with Crippen LogP contribution in [0.4, 0.5) is 14.6 Å². The van der Waals surface area contributed by atoms with Crippen LogP contribution in [0.2, 0.25) is 0 Å². The minimum Gasteiger partial charge on any atom is -0.370 e. The van der Waals surface area contributed by atoms with Gasteiger partial charge < -0.3 is 5.32 Å². The van der Waals surface area contributed by atoms with Crippen LogP contribution in [0.3, 0.4) is 0 Å². The lowest BCUT2D eigenvalue weighted by atomic mass is 10.1. The Morgan fingerprint density at radius 3 is 2.29 bits per heavy atom. The molecule has 0 bridgehead atoms. The highest BCUT2D eigenvalue weighted by atomic mass is 19.1. The van der Waals surface area contributed by atoms with Crippen LogP contribution in [0.5, 0.6) is 0 Å². The maximum absolute atomic E-state index is 13.4. The van der Waals surface area contributed by atoms with Crippen LogP contribution in [0.25, 0.3) is 11.4 Å². The Morgan fingerprint density at radius 1 is 1.05 bits per heavy atom. The van der Waals surface area contributed by atoms with Crippen molar-refractivity contribution in [3.05, 3.63) is 41.1 Å². The van der Waals surface area contributed by atoms with Crippen LogP contribution in [0.1, 0.15) is 31.5 Å². The average Bonchev–Trinajstić information content (AvgIpc) is 2.43. The van der Waals surface area contributed by atoms with Crippen molar-refractivity contribution in [1.82, 2.24) is 9.97 Å². The molecular weight excluding hydrogens is 272 g/mol. The van der Waals surface area contributed by atoms with E-state index in [2.05, 4.69) is 22.2 Å². The maximum atomic E-state index is 13.4. The maximum Gasteiger partial charge on any atom is 0.161 e. The van der Waals surface area contributed by atoms with Crippen molar-refractivity contribution in [2.45, 2.75) is 33.6 Å². The summed E-state index contributed by atoms with van der Waals surface area (Å²) in [5, 5.41) is 3.26. The van der Waals surface area contributed by atoms with E-state index in [1.54, 1.807) is 0 Å². The lowest BCUT2D eigenvalue weighted by Gasteiger charge is -2.13. The molecule has 0 amide bonds. The van der Waals surface area contributed by atoms with E-state index in [-0.39, 0.29) is 0 Å². The predicted octanol–water partition coefficient (Wildman–Crippen LogP) is 4.11. The van der Waals surface area contributed by atoms with Crippen molar-refractivity contribution >= 4 is 5.82 Å². The van der Waals surface area contributed by atoms with Crippen molar-refractivity contribution in [3.8, 4) is 11.4 Å². The summed E-state index contributed by atoms with van der Waals surface area (Å²) < 4.78 is 26.7. The van der Waals surface area contributed by atoms with Gasteiger partial charge in [-0.25, -0.2) is 18.7 Å². The number of halogens is 2. The van der Waals surface area contributed by atoms with Crippen LogP contribution in [0.15, 0.2) is 18.2 Å². The zero-order chi connectivity index (χ0) is 15.4. The standard InChI is InChI=1S/C16H19F2N3/c1-4-6-19-16-14(5-2)10(3)20-15(21-16)11-7-12(17)9-13(18)8-11/h7-9H,4-6H2,1-3H3,(H,19,20,21). The summed E-state index contributed by atoms with van der Waals surface area (Å²) >= 11 is 0. The molecule has 2 rings (SSSR count). The number of hydrogen-bond acceptors (Lipinski definition) is 3. The Labute approximate surface area is 123 Å². The Kier molecular flexibility index (Phi) is 4.83. The highest BCUT2D eigenvalue weighted by molar-refractivity contribution is 5.60. The molecule has 21 heavy (non-hydrogen) atoms. The molecule has 0 unspecified atom stereocenters. The fourth-order valence-corrected chi connectivity index (χ4v) is 2.22. The van der Waals surface area contributed by atoms with Gasteiger partial charge in [0.1, 0.15) is 17.5 Å². The van der Waals surface area contributed by atoms with Gasteiger partial charge in [0.25, 0.3) is 0 Å². The molecule has 0 fully saturated rings. The molecule has 1 N–H and O–H groups in total. The van der Waals surface area contributed by atoms with Gasteiger partial charge in [0.15, 0.2) is 5.82 Å². The summed E-state index contributed by atoms with van der Waals surface area (Å²) in [5.41, 5.74) is 2.20. The first-order valence-corrected chi connectivity index (χ1v) is 7.13. The zero-order valence-corrected chi connectivity index (χ0v) is 12.5. The third-order valence-corrected chi connectivity index (χ3v) is 3.23. The number of nitrogens with one attached hydrogen (secondary N) is 1. The second kappa shape index (κ2) is 6.61. The van der Waals surface area contributed by atoms with E-state index < -0.39 is 11.6 Å². The molecule has 0 aliphatic heterocycles. The van der Waals surface area contributed by atoms with E-state index in [4.69, 9.17) is 0 Å². The lowest BCUT2D eigenvalue weighted by Crippen LogP contribution is -2.09. The molecule has 0 radical (unpaired) electrons. The van der Waals surface area contributed by atoms with E-state index in [0.717, 1.165) is 42.5 Å². The number of hydrogen-bond donors (Lipinski definition) is 1. The lowest BCUT2D eigenvalue weighted by molar-refractivity contribution is 0.584. The quantitative estimate of drug-likeness (QED) is 0.900. The van der Waals surface area contributed by atoms with E-state index in [1.165, 1.54) is 12.1 Å². The molecule has 112 valence electrons. The van der Waals surface area contributed by atoms with E-state index in [9.17, 15) is 8.78 Å². The van der Waals surface area contributed by atoms with Crippen molar-refractivity contribution in [3.63, 3.8) is 0 Å². The van der Waals surface area contributed by atoms with Gasteiger partial charge in [0.05, 0.1) is 0 Å². The highest BCUT2D eigenvalue weighted by Gasteiger charge is 2.12. The SMILES string of the molecule is CCCNc1nc(-c2cc(F)cc(F)c2)nc(C)c1CC. The summed E-state index contributed by atoms with van der Waals surface area (Å²) in [4.78, 5) is 8.82. The minimum atomic E-state index is -0.631. The van der Waals surface area contributed by atoms with Crippen LogP contribution in [0, 0.1) is 18.6 Å². The highest BCUT2D eigenvalue weighted by Crippen LogP contribution is 2.24. The summed E-state index contributed by atoms with van der Waals surface area (Å²) in [6.07, 6.45) is 1.77. The minimum absolute atomic E-state index is 0.335. The Hall–Kier alpha value is -2.04. The van der Waals surface area contributed by atoms with Gasteiger partial charge in [0.2, 0.25) is 0 Å². The van der Waals surface area contributed by atoms with Gasteiger partial charge in [-0.2, -0.15) is 0 Å². The first-order valence-electron chi connectivity index (χ1n) is 7.13. The van der Waals surface area contributed by atoms with Gasteiger partial charge in [-0.15, -0.1) is 0 Å². The Bertz CT molecular complexity index is 621. The molecule has 5 heteroatoms. The van der Waals surface area contributed by atoms with Gasteiger partial charge >= 0.3 is 0 Å². The molecule has 0 atom stereocenters. The second-order valence-electron chi connectivity index (χ2n) is 4.90. The monoisotopic (exact) mass is 291 g/mol. The number of aromatic nitrogens is 2.